The first-order valence-corrected chi connectivity index (χ1v) is 8.61. The number of benzene rings is 2. The van der Waals surface area contributed by atoms with E-state index in [1.54, 1.807) is 12.1 Å². The van der Waals surface area contributed by atoms with E-state index in [0.717, 1.165) is 5.56 Å². The second-order valence-electron chi connectivity index (χ2n) is 6.25. The molecule has 7 heteroatoms. The number of ether oxygens (including phenoxy) is 2. The maximum Gasteiger partial charge on any atom is 0.387 e. The Labute approximate surface area is 157 Å². The number of methoxy groups -OCH3 is 1. The fourth-order valence-corrected chi connectivity index (χ4v) is 2.61. The molecule has 2 aromatic rings. The molecule has 0 saturated heterocycles. The van der Waals surface area contributed by atoms with Gasteiger partial charge in [0, 0.05) is 12.6 Å². The van der Waals surface area contributed by atoms with Gasteiger partial charge < -0.3 is 14.8 Å². The van der Waals surface area contributed by atoms with Gasteiger partial charge in [-0.3, -0.25) is 10.1 Å². The van der Waals surface area contributed by atoms with Gasteiger partial charge in [-0.1, -0.05) is 36.4 Å². The van der Waals surface area contributed by atoms with Crippen molar-refractivity contribution in [1.29, 1.82) is 0 Å². The number of carbonyl (C=O) groups excluding carboxylic acids is 1. The van der Waals surface area contributed by atoms with Crippen LogP contribution in [0.4, 0.5) is 8.78 Å². The molecule has 0 heterocycles. The van der Waals surface area contributed by atoms with E-state index < -0.39 is 12.7 Å². The predicted octanol–water partition coefficient (Wildman–Crippen LogP) is 3.65. The summed E-state index contributed by atoms with van der Waals surface area (Å²) in [5, 5.41) is 6.07. The number of alkyl halides is 2. The molecular weight excluding hydrogens is 354 g/mol. The zero-order valence-electron chi connectivity index (χ0n) is 15.5. The lowest BCUT2D eigenvalue weighted by Gasteiger charge is -2.21. The van der Waals surface area contributed by atoms with Gasteiger partial charge in [-0.05, 0) is 37.1 Å². The van der Waals surface area contributed by atoms with Crippen LogP contribution in [-0.2, 0) is 11.3 Å². The molecule has 0 aromatic heterocycles. The van der Waals surface area contributed by atoms with Crippen molar-refractivity contribution in [2.45, 2.75) is 39.1 Å². The Morgan fingerprint density at radius 2 is 1.78 bits per heavy atom. The Bertz CT molecular complexity index is 739. The van der Waals surface area contributed by atoms with Crippen LogP contribution in [0, 0.1) is 0 Å². The van der Waals surface area contributed by atoms with Gasteiger partial charge in [-0.15, -0.1) is 0 Å². The van der Waals surface area contributed by atoms with Crippen molar-refractivity contribution in [3.05, 3.63) is 59.7 Å². The Balaban J connectivity index is 2.17. The molecule has 0 aliphatic rings. The summed E-state index contributed by atoms with van der Waals surface area (Å²) in [6.07, 6.45) is 0. The number of nitrogens with one attached hydrogen (secondary N) is 2. The minimum atomic E-state index is -2.95. The second-order valence-corrected chi connectivity index (χ2v) is 6.25. The largest absolute Gasteiger partial charge is 0.493 e. The van der Waals surface area contributed by atoms with Crippen molar-refractivity contribution in [2.24, 2.45) is 0 Å². The standard InChI is InChI=1S/C20H24F2N2O3/c1-13(2)24-19(25)18(15-7-5-4-6-8-15)23-12-14-9-10-16(26-3)17(11-14)27-20(21)22/h4-11,13,18,20,23H,12H2,1-3H3,(H,24,25). The molecule has 27 heavy (non-hydrogen) atoms. The fourth-order valence-electron chi connectivity index (χ4n) is 2.61. The molecule has 0 saturated carbocycles. The molecule has 0 fully saturated rings. The topological polar surface area (TPSA) is 59.6 Å². The molecule has 2 N–H and O–H groups in total. The summed E-state index contributed by atoms with van der Waals surface area (Å²) >= 11 is 0. The quantitative estimate of drug-likeness (QED) is 0.699. The SMILES string of the molecule is COc1ccc(CNC(C(=O)NC(C)C)c2ccccc2)cc1OC(F)F. The van der Waals surface area contributed by atoms with E-state index in [0.29, 0.717) is 5.56 Å². The van der Waals surface area contributed by atoms with Gasteiger partial charge in [0.05, 0.1) is 7.11 Å². The van der Waals surface area contributed by atoms with Crippen molar-refractivity contribution in [2.75, 3.05) is 7.11 Å². The van der Waals surface area contributed by atoms with Crippen molar-refractivity contribution < 1.29 is 23.0 Å². The van der Waals surface area contributed by atoms with Gasteiger partial charge in [0.25, 0.3) is 0 Å². The van der Waals surface area contributed by atoms with Crippen LogP contribution in [0.1, 0.15) is 31.0 Å². The van der Waals surface area contributed by atoms with Crippen molar-refractivity contribution in [1.82, 2.24) is 10.6 Å². The highest BCUT2D eigenvalue weighted by Crippen LogP contribution is 2.29. The fraction of sp³-hybridized carbons (Fsp3) is 0.350. The molecule has 0 radical (unpaired) electrons. The molecule has 146 valence electrons. The first-order chi connectivity index (χ1) is 12.9. The van der Waals surface area contributed by atoms with Crippen LogP contribution in [-0.4, -0.2) is 25.7 Å². The summed E-state index contributed by atoms with van der Waals surface area (Å²) in [5.74, 6) is 0.0136. The van der Waals surface area contributed by atoms with E-state index in [-0.39, 0.29) is 30.0 Å². The van der Waals surface area contributed by atoms with E-state index in [1.165, 1.54) is 13.2 Å². The van der Waals surface area contributed by atoms with Crippen LogP contribution in [0.15, 0.2) is 48.5 Å². The van der Waals surface area contributed by atoms with Crippen molar-refractivity contribution in [3.8, 4) is 11.5 Å². The first kappa shape index (κ1) is 20.6. The third-order valence-electron chi connectivity index (χ3n) is 3.78. The molecule has 2 rings (SSSR count). The highest BCUT2D eigenvalue weighted by molar-refractivity contribution is 5.83. The van der Waals surface area contributed by atoms with Gasteiger partial charge >= 0.3 is 6.61 Å². The minimum Gasteiger partial charge on any atom is -0.493 e. The molecule has 0 aliphatic heterocycles. The molecule has 0 spiro atoms. The summed E-state index contributed by atoms with van der Waals surface area (Å²) < 4.78 is 34.7. The summed E-state index contributed by atoms with van der Waals surface area (Å²) in [5.41, 5.74) is 1.50. The molecule has 2 aromatic carbocycles. The molecular formula is C20H24F2N2O3. The van der Waals surface area contributed by atoms with Gasteiger partial charge in [0.15, 0.2) is 11.5 Å². The van der Waals surface area contributed by atoms with E-state index in [4.69, 9.17) is 4.74 Å². The van der Waals surface area contributed by atoms with Crippen LogP contribution in [0.3, 0.4) is 0 Å². The van der Waals surface area contributed by atoms with Crippen molar-refractivity contribution in [3.63, 3.8) is 0 Å². The predicted molar refractivity (Wildman–Crippen MR) is 98.9 cm³/mol. The number of hydrogen-bond donors (Lipinski definition) is 2. The number of rotatable bonds is 9. The van der Waals surface area contributed by atoms with Crippen LogP contribution in [0.25, 0.3) is 0 Å². The Morgan fingerprint density at radius 1 is 1.07 bits per heavy atom. The molecule has 5 nitrogen and oxygen atoms in total. The summed E-state index contributed by atoms with van der Waals surface area (Å²) in [6.45, 7) is 1.11. The van der Waals surface area contributed by atoms with Crippen LogP contribution < -0.4 is 20.1 Å². The van der Waals surface area contributed by atoms with E-state index in [1.807, 2.05) is 44.2 Å². The van der Waals surface area contributed by atoms with Crippen molar-refractivity contribution >= 4 is 5.91 Å². The highest BCUT2D eigenvalue weighted by atomic mass is 19.3. The number of hydrogen-bond acceptors (Lipinski definition) is 4. The van der Waals surface area contributed by atoms with Crippen LogP contribution in [0.2, 0.25) is 0 Å². The first-order valence-electron chi connectivity index (χ1n) is 8.61. The smallest absolute Gasteiger partial charge is 0.387 e. The third kappa shape index (κ3) is 6.21. The van der Waals surface area contributed by atoms with E-state index in [9.17, 15) is 13.6 Å². The Kier molecular flexibility index (Phi) is 7.55. The zero-order valence-corrected chi connectivity index (χ0v) is 15.5. The number of halogens is 2. The number of amides is 1. The minimum absolute atomic E-state index is 0.00227. The molecule has 1 unspecified atom stereocenters. The van der Waals surface area contributed by atoms with Gasteiger partial charge in [0.2, 0.25) is 5.91 Å². The average Bonchev–Trinajstić information content (AvgIpc) is 2.62. The Hall–Kier alpha value is -2.67. The van der Waals surface area contributed by atoms with Crippen LogP contribution >= 0.6 is 0 Å². The molecule has 1 amide bonds. The molecule has 0 aliphatic carbocycles. The molecule has 1 atom stereocenters. The average molecular weight is 378 g/mol. The molecule has 0 bridgehead atoms. The number of carbonyl (C=O) groups is 1. The lowest BCUT2D eigenvalue weighted by atomic mass is 10.1. The monoisotopic (exact) mass is 378 g/mol. The van der Waals surface area contributed by atoms with Gasteiger partial charge in [0.1, 0.15) is 6.04 Å². The normalized spacial score (nSPS) is 12.1. The van der Waals surface area contributed by atoms with Gasteiger partial charge in [-0.25, -0.2) is 0 Å². The van der Waals surface area contributed by atoms with E-state index >= 15 is 0 Å². The maximum absolute atomic E-state index is 12.6. The lowest BCUT2D eigenvalue weighted by Crippen LogP contribution is -2.40. The highest BCUT2D eigenvalue weighted by Gasteiger charge is 2.21. The summed E-state index contributed by atoms with van der Waals surface area (Å²) in [7, 11) is 1.38. The van der Waals surface area contributed by atoms with Crippen LogP contribution in [0.5, 0.6) is 11.5 Å². The van der Waals surface area contributed by atoms with E-state index in [2.05, 4.69) is 15.4 Å². The Morgan fingerprint density at radius 3 is 2.37 bits per heavy atom. The summed E-state index contributed by atoms with van der Waals surface area (Å²) in [6, 6.07) is 13.5. The summed E-state index contributed by atoms with van der Waals surface area (Å²) in [4.78, 5) is 12.6. The maximum atomic E-state index is 12.6. The third-order valence-corrected chi connectivity index (χ3v) is 3.78. The second kappa shape index (κ2) is 9.87. The zero-order chi connectivity index (χ0) is 19.8. The lowest BCUT2D eigenvalue weighted by molar-refractivity contribution is -0.123. The van der Waals surface area contributed by atoms with Gasteiger partial charge in [-0.2, -0.15) is 8.78 Å².